The minimum absolute atomic E-state index is 0.171. The Morgan fingerprint density at radius 2 is 1.96 bits per heavy atom. The van der Waals surface area contributed by atoms with Crippen molar-refractivity contribution in [2.24, 2.45) is 0 Å². The molecule has 24 heavy (non-hydrogen) atoms. The van der Waals surface area contributed by atoms with Crippen LogP contribution >= 0.6 is 11.3 Å². The molecule has 1 aromatic carbocycles. The van der Waals surface area contributed by atoms with Crippen LogP contribution in [0.2, 0.25) is 0 Å². The van der Waals surface area contributed by atoms with E-state index in [1.807, 2.05) is 5.32 Å². The molecule has 0 spiro atoms. The van der Waals surface area contributed by atoms with Gasteiger partial charge in [0.2, 0.25) is 5.91 Å². The Bertz CT molecular complexity index is 729. The molecule has 0 aliphatic rings. The van der Waals surface area contributed by atoms with Crippen LogP contribution in [-0.2, 0) is 14.3 Å². The number of rotatable bonds is 5. The fraction of sp³-hybridized carbons (Fsp3) is 0.357. The molecule has 0 aliphatic heterocycles. The zero-order valence-corrected chi connectivity index (χ0v) is 13.5. The average molecular weight is 361 g/mol. The number of aromatic nitrogens is 1. The van der Waals surface area contributed by atoms with Gasteiger partial charge in [0.15, 0.2) is 5.13 Å². The number of anilines is 1. The highest BCUT2D eigenvalue weighted by atomic mass is 32.1. The third-order valence-corrected chi connectivity index (χ3v) is 4.10. The minimum atomic E-state index is -5.15. The Morgan fingerprint density at radius 3 is 2.50 bits per heavy atom. The number of carbonyl (C=O) groups is 2. The van der Waals surface area contributed by atoms with Crippen LogP contribution in [0.1, 0.15) is 13.3 Å². The predicted octanol–water partition coefficient (Wildman–Crippen LogP) is 2.67. The summed E-state index contributed by atoms with van der Waals surface area (Å²) in [6.07, 6.45) is -5.39. The van der Waals surface area contributed by atoms with Gasteiger partial charge in [-0.3, -0.25) is 4.79 Å². The minimum Gasteiger partial charge on any atom is -0.466 e. The highest BCUT2D eigenvalue weighted by molar-refractivity contribution is 7.22. The predicted molar refractivity (Wildman–Crippen MR) is 82.5 cm³/mol. The van der Waals surface area contributed by atoms with Gasteiger partial charge in [0, 0.05) is 6.42 Å². The summed E-state index contributed by atoms with van der Waals surface area (Å²) < 4.78 is 45.9. The van der Waals surface area contributed by atoms with Crippen LogP contribution in [0.15, 0.2) is 24.3 Å². The van der Waals surface area contributed by atoms with E-state index < -0.39 is 23.7 Å². The van der Waals surface area contributed by atoms with Crippen molar-refractivity contribution in [3.63, 3.8) is 0 Å². The standard InChI is InChI=1S/C14H14F3N3O3S/c1-3-10(21)19-13(11(22)23-2,14(15,16)17)20-12-18-8-6-4-5-7-9(8)24-12/h4-7H,3H2,1-2H3,(H,18,20)(H,19,21). The van der Waals surface area contributed by atoms with Crippen LogP contribution in [0.4, 0.5) is 18.3 Å². The number of methoxy groups -OCH3 is 1. The molecule has 0 fully saturated rings. The maximum Gasteiger partial charge on any atom is 0.442 e. The van der Waals surface area contributed by atoms with Crippen LogP contribution in [0.5, 0.6) is 0 Å². The van der Waals surface area contributed by atoms with Gasteiger partial charge < -0.3 is 15.4 Å². The van der Waals surface area contributed by atoms with Gasteiger partial charge in [0.05, 0.1) is 17.3 Å². The number of thiazole rings is 1. The maximum absolute atomic E-state index is 13.6. The van der Waals surface area contributed by atoms with Crippen molar-refractivity contribution in [3.8, 4) is 0 Å². The first-order valence-electron chi connectivity index (χ1n) is 6.83. The van der Waals surface area contributed by atoms with Crippen LogP contribution in [0.3, 0.4) is 0 Å². The van der Waals surface area contributed by atoms with Gasteiger partial charge in [0.1, 0.15) is 0 Å². The van der Waals surface area contributed by atoms with Gasteiger partial charge in [-0.25, -0.2) is 9.78 Å². The van der Waals surface area contributed by atoms with Gasteiger partial charge >= 0.3 is 17.8 Å². The summed E-state index contributed by atoms with van der Waals surface area (Å²) in [5, 5.41) is 3.52. The second kappa shape index (κ2) is 6.63. The molecule has 0 bridgehead atoms. The highest BCUT2D eigenvalue weighted by Crippen LogP contribution is 2.35. The second-order valence-corrected chi connectivity index (χ2v) is 5.78. The number of hydrogen-bond donors (Lipinski definition) is 2. The van der Waals surface area contributed by atoms with Gasteiger partial charge in [-0.15, -0.1) is 0 Å². The molecule has 130 valence electrons. The van der Waals surface area contributed by atoms with E-state index in [1.165, 1.54) is 6.92 Å². The van der Waals surface area contributed by atoms with Gasteiger partial charge in [0.25, 0.3) is 0 Å². The number of nitrogens with one attached hydrogen (secondary N) is 2. The van der Waals surface area contributed by atoms with E-state index in [-0.39, 0.29) is 11.6 Å². The molecule has 2 aromatic rings. The first-order chi connectivity index (χ1) is 11.2. The fourth-order valence-corrected chi connectivity index (χ4v) is 2.85. The summed E-state index contributed by atoms with van der Waals surface area (Å²) >= 11 is 0.922. The normalized spacial score (nSPS) is 14.0. The van der Waals surface area contributed by atoms with E-state index >= 15 is 0 Å². The number of hydrogen-bond acceptors (Lipinski definition) is 6. The van der Waals surface area contributed by atoms with Crippen LogP contribution in [0, 0.1) is 0 Å². The highest BCUT2D eigenvalue weighted by Gasteiger charge is 2.63. The molecule has 0 saturated heterocycles. The second-order valence-electron chi connectivity index (χ2n) is 4.75. The molecule has 2 N–H and O–H groups in total. The monoisotopic (exact) mass is 361 g/mol. The van der Waals surface area contributed by atoms with Gasteiger partial charge in [-0.05, 0) is 12.1 Å². The molecule has 1 atom stereocenters. The lowest BCUT2D eigenvalue weighted by Crippen LogP contribution is -2.69. The van der Waals surface area contributed by atoms with Crippen molar-refractivity contribution < 1.29 is 27.5 Å². The molecule has 10 heteroatoms. The summed E-state index contributed by atoms with van der Waals surface area (Å²) in [4.78, 5) is 27.5. The number of alkyl halides is 3. The van der Waals surface area contributed by atoms with Gasteiger partial charge in [-0.2, -0.15) is 13.2 Å². The van der Waals surface area contributed by atoms with E-state index in [0.717, 1.165) is 18.4 Å². The molecule has 0 radical (unpaired) electrons. The zero-order chi connectivity index (χ0) is 18.0. The van der Waals surface area contributed by atoms with E-state index in [0.29, 0.717) is 10.2 Å². The Hall–Kier alpha value is -2.36. The lowest BCUT2D eigenvalue weighted by atomic mass is 10.1. The summed E-state index contributed by atoms with van der Waals surface area (Å²) in [5.41, 5.74) is -2.95. The quantitative estimate of drug-likeness (QED) is 0.632. The summed E-state index contributed by atoms with van der Waals surface area (Å²) in [6.45, 7) is 1.37. The van der Waals surface area contributed by atoms with Crippen LogP contribution < -0.4 is 10.6 Å². The Labute approximate surface area is 139 Å². The summed E-state index contributed by atoms with van der Waals surface area (Å²) in [6, 6.07) is 6.69. The number of nitrogens with zero attached hydrogens (tertiary/aromatic N) is 1. The van der Waals surface area contributed by atoms with Crippen molar-refractivity contribution in [2.75, 3.05) is 12.4 Å². The molecule has 1 heterocycles. The van der Waals surface area contributed by atoms with E-state index in [2.05, 4.69) is 9.72 Å². The number of benzene rings is 1. The first-order valence-corrected chi connectivity index (χ1v) is 7.65. The molecular formula is C14H14F3N3O3S. The molecule has 0 aliphatic carbocycles. The van der Waals surface area contributed by atoms with Crippen LogP contribution in [-0.4, -0.2) is 35.8 Å². The number of para-hydroxylation sites is 1. The Morgan fingerprint density at radius 1 is 1.29 bits per heavy atom. The average Bonchev–Trinajstić information content (AvgIpc) is 2.94. The molecule has 2 rings (SSSR count). The van der Waals surface area contributed by atoms with Crippen molar-refractivity contribution in [1.82, 2.24) is 10.3 Å². The topological polar surface area (TPSA) is 80.3 Å². The molecule has 1 unspecified atom stereocenters. The third-order valence-electron chi connectivity index (χ3n) is 3.15. The number of amides is 1. The van der Waals surface area contributed by atoms with E-state index in [4.69, 9.17) is 0 Å². The van der Waals surface area contributed by atoms with Crippen molar-refractivity contribution in [3.05, 3.63) is 24.3 Å². The summed E-state index contributed by atoms with van der Waals surface area (Å²) in [5.74, 6) is -2.65. The lowest BCUT2D eigenvalue weighted by molar-refractivity contribution is -0.206. The number of halogens is 3. The number of fused-ring (bicyclic) bond motifs is 1. The molecular weight excluding hydrogens is 347 g/mol. The third kappa shape index (κ3) is 3.28. The smallest absolute Gasteiger partial charge is 0.442 e. The number of ether oxygens (including phenoxy) is 1. The first kappa shape index (κ1) is 18.0. The molecule has 0 saturated carbocycles. The summed E-state index contributed by atoms with van der Waals surface area (Å²) in [7, 11) is 0.807. The van der Waals surface area contributed by atoms with E-state index in [1.54, 1.807) is 29.6 Å². The van der Waals surface area contributed by atoms with Crippen molar-refractivity contribution in [2.45, 2.75) is 25.2 Å². The molecule has 6 nitrogen and oxygen atoms in total. The van der Waals surface area contributed by atoms with Crippen molar-refractivity contribution in [1.29, 1.82) is 0 Å². The fourth-order valence-electron chi connectivity index (χ4n) is 1.93. The van der Waals surface area contributed by atoms with Crippen LogP contribution in [0.25, 0.3) is 10.2 Å². The SMILES string of the molecule is CCC(=O)NC(Nc1nc2ccccc2s1)(C(=O)OC)C(F)(F)F. The Kier molecular flexibility index (Phi) is 4.97. The van der Waals surface area contributed by atoms with Gasteiger partial charge in [-0.1, -0.05) is 30.4 Å². The number of esters is 1. The lowest BCUT2D eigenvalue weighted by Gasteiger charge is -2.33. The van der Waals surface area contributed by atoms with Crippen molar-refractivity contribution >= 4 is 38.6 Å². The molecule has 1 aromatic heterocycles. The largest absolute Gasteiger partial charge is 0.466 e. The zero-order valence-electron chi connectivity index (χ0n) is 12.7. The Balaban J connectivity index is 2.50. The molecule has 1 amide bonds. The van der Waals surface area contributed by atoms with E-state index in [9.17, 15) is 22.8 Å². The number of carbonyl (C=O) groups excluding carboxylic acids is 2. The maximum atomic E-state index is 13.6.